The van der Waals surface area contributed by atoms with Gasteiger partial charge in [0.25, 0.3) is 0 Å². The van der Waals surface area contributed by atoms with E-state index in [1.54, 1.807) is 0 Å². The van der Waals surface area contributed by atoms with Crippen molar-refractivity contribution in [3.63, 3.8) is 0 Å². The molecule has 0 spiro atoms. The normalized spacial score (nSPS) is 29.6. The maximum absolute atomic E-state index is 11.5. The lowest BCUT2D eigenvalue weighted by molar-refractivity contribution is 0.0605. The number of hydrogen-bond donors (Lipinski definition) is 1. The first kappa shape index (κ1) is 11.9. The fourth-order valence-corrected chi connectivity index (χ4v) is 3.63. The van der Waals surface area contributed by atoms with Crippen LogP contribution in [0.1, 0.15) is 34.6 Å². The Morgan fingerprint density at radius 3 is 3.00 bits per heavy atom. The summed E-state index contributed by atoms with van der Waals surface area (Å²) in [6.07, 6.45) is 4.05. The molecule has 2 fully saturated rings. The van der Waals surface area contributed by atoms with Gasteiger partial charge in [0, 0.05) is 0 Å². The van der Waals surface area contributed by atoms with Gasteiger partial charge in [-0.25, -0.2) is 9.78 Å². The van der Waals surface area contributed by atoms with Crippen LogP contribution in [0.15, 0.2) is 0 Å². The number of carbonyl (C=O) groups is 1. The molecule has 18 heavy (non-hydrogen) atoms. The number of aromatic nitrogens is 1. The minimum atomic E-state index is -0.317. The minimum absolute atomic E-state index is 0.306. The van der Waals surface area contributed by atoms with Crippen molar-refractivity contribution < 1.29 is 14.3 Å². The SMILES string of the molecule is COC(=O)c1sc(NC2CC3CCC2O3)nc1C. The van der Waals surface area contributed by atoms with Gasteiger partial charge in [-0.3, -0.25) is 0 Å². The Hall–Kier alpha value is -1.14. The Bertz CT molecular complexity index is 474. The second-order valence-electron chi connectivity index (χ2n) is 4.79. The van der Waals surface area contributed by atoms with Crippen LogP contribution in [0, 0.1) is 6.92 Å². The topological polar surface area (TPSA) is 60.5 Å². The molecular formula is C12H16N2O3S. The van der Waals surface area contributed by atoms with Crippen LogP contribution in [0.5, 0.6) is 0 Å². The van der Waals surface area contributed by atoms with Crippen molar-refractivity contribution in [3.05, 3.63) is 10.6 Å². The summed E-state index contributed by atoms with van der Waals surface area (Å²) in [5.41, 5.74) is 0.721. The quantitative estimate of drug-likeness (QED) is 0.849. The number of carbonyl (C=O) groups excluding carboxylic acids is 1. The molecule has 2 saturated heterocycles. The van der Waals surface area contributed by atoms with Crippen LogP contribution in [-0.4, -0.2) is 36.3 Å². The number of nitrogens with one attached hydrogen (secondary N) is 1. The smallest absolute Gasteiger partial charge is 0.350 e. The van der Waals surface area contributed by atoms with Crippen LogP contribution in [-0.2, 0) is 9.47 Å². The molecule has 2 bridgehead atoms. The van der Waals surface area contributed by atoms with E-state index in [-0.39, 0.29) is 5.97 Å². The molecule has 3 rings (SSSR count). The van der Waals surface area contributed by atoms with E-state index < -0.39 is 0 Å². The van der Waals surface area contributed by atoms with Gasteiger partial charge in [-0.2, -0.15) is 0 Å². The Labute approximate surface area is 110 Å². The highest BCUT2D eigenvalue weighted by atomic mass is 32.1. The Balaban J connectivity index is 1.72. The first-order valence-corrected chi connectivity index (χ1v) is 6.96. The largest absolute Gasteiger partial charge is 0.465 e. The van der Waals surface area contributed by atoms with Gasteiger partial charge in [0.1, 0.15) is 4.88 Å². The highest BCUT2D eigenvalue weighted by Gasteiger charge is 2.41. The number of esters is 1. The first-order chi connectivity index (χ1) is 8.67. The molecule has 2 aliphatic rings. The molecule has 0 amide bonds. The summed E-state index contributed by atoms with van der Waals surface area (Å²) in [7, 11) is 1.39. The van der Waals surface area contributed by atoms with Gasteiger partial charge in [-0.15, -0.1) is 0 Å². The van der Waals surface area contributed by atoms with Gasteiger partial charge >= 0.3 is 5.97 Å². The zero-order valence-corrected chi connectivity index (χ0v) is 11.3. The number of anilines is 1. The molecular weight excluding hydrogens is 252 g/mol. The van der Waals surface area contributed by atoms with Crippen LogP contribution in [0.4, 0.5) is 5.13 Å². The predicted octanol–water partition coefficient (Wildman–Crippen LogP) is 1.97. The van der Waals surface area contributed by atoms with Gasteiger partial charge in [0.05, 0.1) is 31.1 Å². The molecule has 3 unspecified atom stereocenters. The molecule has 3 atom stereocenters. The van der Waals surface area contributed by atoms with E-state index >= 15 is 0 Å². The Kier molecular flexibility index (Phi) is 2.99. The third-order valence-electron chi connectivity index (χ3n) is 3.58. The van der Waals surface area contributed by atoms with Gasteiger partial charge in [0.2, 0.25) is 0 Å². The second kappa shape index (κ2) is 4.51. The molecule has 6 heteroatoms. The van der Waals surface area contributed by atoms with Crippen LogP contribution >= 0.6 is 11.3 Å². The van der Waals surface area contributed by atoms with Crippen molar-refractivity contribution in [2.24, 2.45) is 0 Å². The first-order valence-electron chi connectivity index (χ1n) is 6.15. The van der Waals surface area contributed by atoms with Crippen molar-refractivity contribution in [2.45, 2.75) is 44.4 Å². The zero-order valence-electron chi connectivity index (χ0n) is 10.4. The zero-order chi connectivity index (χ0) is 12.7. The average molecular weight is 268 g/mol. The average Bonchev–Trinajstić information content (AvgIpc) is 3.04. The molecule has 2 aliphatic heterocycles. The molecule has 0 aliphatic carbocycles. The van der Waals surface area contributed by atoms with Crippen molar-refractivity contribution in [1.29, 1.82) is 0 Å². The van der Waals surface area contributed by atoms with Crippen molar-refractivity contribution in [2.75, 3.05) is 12.4 Å². The van der Waals surface area contributed by atoms with Gasteiger partial charge in [0.15, 0.2) is 5.13 Å². The van der Waals surface area contributed by atoms with Crippen LogP contribution < -0.4 is 5.32 Å². The van der Waals surface area contributed by atoms with Gasteiger partial charge in [-0.05, 0) is 26.2 Å². The van der Waals surface area contributed by atoms with Crippen molar-refractivity contribution >= 4 is 22.4 Å². The number of aryl methyl sites for hydroxylation is 1. The molecule has 5 nitrogen and oxygen atoms in total. The monoisotopic (exact) mass is 268 g/mol. The highest BCUT2D eigenvalue weighted by Crippen LogP contribution is 2.36. The maximum Gasteiger partial charge on any atom is 0.350 e. The van der Waals surface area contributed by atoms with Gasteiger partial charge in [-0.1, -0.05) is 11.3 Å². The lowest BCUT2D eigenvalue weighted by Gasteiger charge is -2.19. The lowest BCUT2D eigenvalue weighted by Crippen LogP contribution is -2.30. The molecule has 1 aromatic rings. The summed E-state index contributed by atoms with van der Waals surface area (Å²) in [6.45, 7) is 1.82. The molecule has 0 aromatic carbocycles. The van der Waals surface area contributed by atoms with E-state index in [2.05, 4.69) is 10.3 Å². The van der Waals surface area contributed by atoms with Crippen LogP contribution in [0.25, 0.3) is 0 Å². The Morgan fingerprint density at radius 2 is 2.39 bits per heavy atom. The fraction of sp³-hybridized carbons (Fsp3) is 0.667. The molecule has 3 heterocycles. The number of methoxy groups -OCH3 is 1. The second-order valence-corrected chi connectivity index (χ2v) is 5.78. The maximum atomic E-state index is 11.5. The molecule has 1 N–H and O–H groups in total. The summed E-state index contributed by atoms with van der Waals surface area (Å²) in [5, 5.41) is 4.17. The van der Waals surface area contributed by atoms with E-state index in [1.165, 1.54) is 24.9 Å². The number of rotatable bonds is 3. The van der Waals surface area contributed by atoms with E-state index in [0.717, 1.165) is 23.7 Å². The molecule has 98 valence electrons. The molecule has 0 radical (unpaired) electrons. The summed E-state index contributed by atoms with van der Waals surface area (Å²) in [4.78, 5) is 16.5. The summed E-state index contributed by atoms with van der Waals surface area (Å²) in [6, 6.07) is 0.333. The van der Waals surface area contributed by atoms with Crippen LogP contribution in [0.3, 0.4) is 0 Å². The van der Waals surface area contributed by atoms with Crippen molar-refractivity contribution in [1.82, 2.24) is 4.98 Å². The number of nitrogens with zero attached hydrogens (tertiary/aromatic N) is 1. The van der Waals surface area contributed by atoms with Crippen LogP contribution in [0.2, 0.25) is 0 Å². The Morgan fingerprint density at radius 1 is 1.56 bits per heavy atom. The third kappa shape index (κ3) is 1.99. The van der Waals surface area contributed by atoms with E-state index in [9.17, 15) is 4.79 Å². The van der Waals surface area contributed by atoms with E-state index in [4.69, 9.17) is 9.47 Å². The lowest BCUT2D eigenvalue weighted by atomic mass is 9.96. The number of ether oxygens (including phenoxy) is 2. The number of fused-ring (bicyclic) bond motifs is 2. The summed E-state index contributed by atoms with van der Waals surface area (Å²) < 4.78 is 10.5. The van der Waals surface area contributed by atoms with E-state index in [0.29, 0.717) is 23.1 Å². The van der Waals surface area contributed by atoms with Crippen molar-refractivity contribution in [3.8, 4) is 0 Å². The van der Waals surface area contributed by atoms with Gasteiger partial charge < -0.3 is 14.8 Å². The number of thiazole rings is 1. The predicted molar refractivity (Wildman–Crippen MR) is 68.1 cm³/mol. The number of hydrogen-bond acceptors (Lipinski definition) is 6. The third-order valence-corrected chi connectivity index (χ3v) is 4.65. The molecule has 1 aromatic heterocycles. The highest BCUT2D eigenvalue weighted by molar-refractivity contribution is 7.17. The summed E-state index contributed by atoms with van der Waals surface area (Å²) in [5.74, 6) is -0.317. The summed E-state index contributed by atoms with van der Waals surface area (Å²) >= 11 is 1.35. The fourth-order valence-electron chi connectivity index (χ4n) is 2.69. The standard InChI is InChI=1S/C12H16N2O3S/c1-6-10(11(15)16-2)18-12(13-6)14-8-5-7-3-4-9(8)17-7/h7-9H,3-5H2,1-2H3,(H,13,14). The molecule has 0 saturated carbocycles. The minimum Gasteiger partial charge on any atom is -0.465 e. The van der Waals surface area contributed by atoms with E-state index in [1.807, 2.05) is 6.92 Å².